The maximum atomic E-state index is 12.7. The highest BCUT2D eigenvalue weighted by Gasteiger charge is 2.03. The fourth-order valence-electron chi connectivity index (χ4n) is 1.26. The Morgan fingerprint density at radius 3 is 2.44 bits per heavy atom. The topological polar surface area (TPSA) is 9.23 Å². The Morgan fingerprint density at radius 2 is 1.75 bits per heavy atom. The van der Waals surface area contributed by atoms with Gasteiger partial charge in [0, 0.05) is 0 Å². The van der Waals surface area contributed by atoms with Crippen LogP contribution < -0.4 is 4.74 Å². The van der Waals surface area contributed by atoms with Crippen LogP contribution in [-0.2, 0) is 0 Å². The van der Waals surface area contributed by atoms with E-state index in [1.54, 1.807) is 30.3 Å². The molecule has 16 heavy (non-hydrogen) atoms. The number of benzene rings is 2. The quantitative estimate of drug-likeness (QED) is 0.747. The molecule has 0 spiro atoms. The summed E-state index contributed by atoms with van der Waals surface area (Å²) in [4.78, 5) is 0. The van der Waals surface area contributed by atoms with Crippen molar-refractivity contribution in [2.24, 2.45) is 0 Å². The van der Waals surface area contributed by atoms with Crippen LogP contribution in [0.5, 0.6) is 11.5 Å². The molecule has 0 bridgehead atoms. The van der Waals surface area contributed by atoms with E-state index in [9.17, 15) is 4.39 Å². The van der Waals surface area contributed by atoms with E-state index in [4.69, 9.17) is 16.3 Å². The lowest BCUT2D eigenvalue weighted by Crippen LogP contribution is -1.86. The van der Waals surface area contributed by atoms with Gasteiger partial charge in [-0.25, -0.2) is 4.39 Å². The summed E-state index contributed by atoms with van der Waals surface area (Å²) < 4.78 is 18.2. The van der Waals surface area contributed by atoms with E-state index in [1.807, 2.05) is 0 Å². The monoisotopic (exact) mass is 235 g/mol. The van der Waals surface area contributed by atoms with Gasteiger partial charge in [0.1, 0.15) is 17.3 Å². The van der Waals surface area contributed by atoms with Gasteiger partial charge in [-0.1, -0.05) is 17.7 Å². The second kappa shape index (κ2) is 4.54. The summed E-state index contributed by atoms with van der Waals surface area (Å²) in [5.41, 5.74) is 0.807. The Labute approximate surface area is 98.4 Å². The maximum absolute atomic E-state index is 12.7. The number of ether oxygens (including phenoxy) is 1. The minimum atomic E-state index is -0.302. The molecule has 0 fully saturated rings. The molecule has 81 valence electrons. The Balaban J connectivity index is 2.26. The molecule has 0 aliphatic heterocycles. The summed E-state index contributed by atoms with van der Waals surface area (Å²) in [7, 11) is 0. The van der Waals surface area contributed by atoms with Gasteiger partial charge in [0.25, 0.3) is 0 Å². The van der Waals surface area contributed by atoms with Crippen molar-refractivity contribution in [1.29, 1.82) is 0 Å². The third-order valence-electron chi connectivity index (χ3n) is 2.04. The maximum Gasteiger partial charge on any atom is 0.146 e. The van der Waals surface area contributed by atoms with Crippen molar-refractivity contribution in [2.45, 2.75) is 0 Å². The lowest BCUT2D eigenvalue weighted by Gasteiger charge is -2.08. The van der Waals surface area contributed by atoms with Crippen LogP contribution in [-0.4, -0.2) is 0 Å². The van der Waals surface area contributed by atoms with Gasteiger partial charge in [0.2, 0.25) is 0 Å². The highest BCUT2D eigenvalue weighted by Crippen LogP contribution is 2.30. The van der Waals surface area contributed by atoms with Gasteiger partial charge in [-0.05, 0) is 48.9 Å². The zero-order valence-corrected chi connectivity index (χ0v) is 9.17. The first-order valence-corrected chi connectivity index (χ1v) is 5.08. The van der Waals surface area contributed by atoms with Gasteiger partial charge in [-0.2, -0.15) is 0 Å². The van der Waals surface area contributed by atoms with Crippen LogP contribution in [0.2, 0.25) is 5.02 Å². The molecule has 0 unspecified atom stereocenters. The average molecular weight is 236 g/mol. The smallest absolute Gasteiger partial charge is 0.146 e. The minimum Gasteiger partial charge on any atom is -0.456 e. The predicted molar refractivity (Wildman–Crippen MR) is 62.4 cm³/mol. The zero-order valence-electron chi connectivity index (χ0n) is 8.41. The van der Waals surface area contributed by atoms with Crippen molar-refractivity contribution in [3.63, 3.8) is 0 Å². The predicted octanol–water partition coefficient (Wildman–Crippen LogP) is 4.45. The normalized spacial score (nSPS) is 10.2. The molecule has 0 heterocycles. The van der Waals surface area contributed by atoms with Gasteiger partial charge < -0.3 is 4.74 Å². The molecule has 0 saturated carbocycles. The van der Waals surface area contributed by atoms with Crippen molar-refractivity contribution in [2.75, 3.05) is 0 Å². The van der Waals surface area contributed by atoms with Crippen molar-refractivity contribution in [3.05, 3.63) is 65.8 Å². The first kappa shape index (κ1) is 11.0. The molecule has 1 radical (unpaired) electrons. The van der Waals surface area contributed by atoms with Crippen LogP contribution in [0.3, 0.4) is 0 Å². The fraction of sp³-hybridized carbons (Fsp3) is 0. The molecule has 1 nitrogen and oxygen atoms in total. The molecule has 0 atom stereocenters. The second-order valence-electron chi connectivity index (χ2n) is 3.32. The third kappa shape index (κ3) is 2.52. The van der Waals surface area contributed by atoms with E-state index in [0.29, 0.717) is 16.5 Å². The standard InChI is InChI=1S/C13H9ClFO/c1-9-2-7-12(14)13(8-9)16-11-5-3-10(15)4-6-11/h2-8H,1H2. The van der Waals surface area contributed by atoms with E-state index in [1.165, 1.54) is 12.1 Å². The molecule has 0 aliphatic carbocycles. The summed E-state index contributed by atoms with van der Waals surface area (Å²) in [6.07, 6.45) is 0. The number of halogens is 2. The van der Waals surface area contributed by atoms with E-state index < -0.39 is 0 Å². The molecule has 2 aromatic rings. The van der Waals surface area contributed by atoms with E-state index in [2.05, 4.69) is 6.92 Å². The van der Waals surface area contributed by atoms with Gasteiger partial charge in [-0.15, -0.1) is 0 Å². The van der Waals surface area contributed by atoms with Crippen molar-refractivity contribution in [3.8, 4) is 11.5 Å². The lowest BCUT2D eigenvalue weighted by atomic mass is 10.2. The number of hydrogen-bond acceptors (Lipinski definition) is 1. The average Bonchev–Trinajstić information content (AvgIpc) is 2.27. The Morgan fingerprint density at radius 1 is 1.06 bits per heavy atom. The summed E-state index contributed by atoms with van der Waals surface area (Å²) >= 11 is 5.95. The lowest BCUT2D eigenvalue weighted by molar-refractivity contribution is 0.480. The zero-order chi connectivity index (χ0) is 11.5. The van der Waals surface area contributed by atoms with Gasteiger partial charge in [-0.3, -0.25) is 0 Å². The summed E-state index contributed by atoms with van der Waals surface area (Å²) in [5, 5.41) is 0.497. The Hall–Kier alpha value is -1.54. The molecule has 0 aromatic heterocycles. The summed E-state index contributed by atoms with van der Waals surface area (Å²) in [5.74, 6) is 0.749. The second-order valence-corrected chi connectivity index (χ2v) is 3.73. The Bertz CT molecular complexity index is 494. The SMILES string of the molecule is [CH2]c1ccc(Cl)c(Oc2ccc(F)cc2)c1. The third-order valence-corrected chi connectivity index (χ3v) is 2.35. The summed E-state index contributed by atoms with van der Waals surface area (Å²) in [6, 6.07) is 11.0. The molecule has 2 rings (SSSR count). The first-order valence-electron chi connectivity index (χ1n) is 4.70. The number of rotatable bonds is 2. The van der Waals surface area contributed by atoms with Crippen molar-refractivity contribution in [1.82, 2.24) is 0 Å². The molecule has 0 saturated heterocycles. The minimum absolute atomic E-state index is 0.302. The number of hydrogen-bond donors (Lipinski definition) is 0. The van der Waals surface area contributed by atoms with Gasteiger partial charge in [0.05, 0.1) is 5.02 Å². The molecular formula is C13H9ClFO. The highest BCUT2D eigenvalue weighted by molar-refractivity contribution is 6.32. The summed E-state index contributed by atoms with van der Waals surface area (Å²) in [6.45, 7) is 3.78. The molecule has 2 aromatic carbocycles. The fourth-order valence-corrected chi connectivity index (χ4v) is 1.41. The van der Waals surface area contributed by atoms with E-state index in [-0.39, 0.29) is 5.82 Å². The highest BCUT2D eigenvalue weighted by atomic mass is 35.5. The largest absolute Gasteiger partial charge is 0.456 e. The first-order chi connectivity index (χ1) is 7.65. The van der Waals surface area contributed by atoms with E-state index in [0.717, 1.165) is 5.56 Å². The van der Waals surface area contributed by atoms with Crippen LogP contribution >= 0.6 is 11.6 Å². The molecule has 0 N–H and O–H groups in total. The van der Waals surface area contributed by atoms with Crippen LogP contribution in [0.1, 0.15) is 5.56 Å². The van der Waals surface area contributed by atoms with Gasteiger partial charge >= 0.3 is 0 Å². The van der Waals surface area contributed by atoms with Crippen LogP contribution in [0.4, 0.5) is 4.39 Å². The van der Waals surface area contributed by atoms with Crippen LogP contribution in [0, 0.1) is 12.7 Å². The van der Waals surface area contributed by atoms with Crippen molar-refractivity contribution >= 4 is 11.6 Å². The van der Waals surface area contributed by atoms with E-state index >= 15 is 0 Å². The van der Waals surface area contributed by atoms with Crippen LogP contribution in [0.15, 0.2) is 42.5 Å². The van der Waals surface area contributed by atoms with Gasteiger partial charge in [0.15, 0.2) is 0 Å². The van der Waals surface area contributed by atoms with Crippen LogP contribution in [0.25, 0.3) is 0 Å². The molecular weight excluding hydrogens is 227 g/mol. The Kier molecular flexibility index (Phi) is 3.11. The van der Waals surface area contributed by atoms with Crippen molar-refractivity contribution < 1.29 is 9.13 Å². The molecule has 0 aliphatic rings. The molecule has 3 heteroatoms. The molecule has 0 amide bonds.